The lowest BCUT2D eigenvalue weighted by molar-refractivity contribution is -0.384. The van der Waals surface area contributed by atoms with Crippen LogP contribution in [0.15, 0.2) is 71.2 Å². The molecule has 0 saturated heterocycles. The highest BCUT2D eigenvalue weighted by Gasteiger charge is 2.44. The van der Waals surface area contributed by atoms with Crippen LogP contribution >= 0.6 is 0 Å². The quantitative estimate of drug-likeness (QED) is 0.552. The van der Waals surface area contributed by atoms with E-state index in [1.54, 1.807) is 12.1 Å². The summed E-state index contributed by atoms with van der Waals surface area (Å²) in [5.41, 5.74) is 10.4. The summed E-state index contributed by atoms with van der Waals surface area (Å²) in [6.07, 6.45) is 0.973. The van der Waals surface area contributed by atoms with Gasteiger partial charge in [0, 0.05) is 35.5 Å². The van der Waals surface area contributed by atoms with Gasteiger partial charge >= 0.3 is 0 Å². The molecule has 0 fully saturated rings. The molecule has 1 aliphatic heterocycles. The first kappa shape index (κ1) is 21.3. The van der Waals surface area contributed by atoms with Crippen LogP contribution < -0.4 is 10.6 Å². The van der Waals surface area contributed by atoms with Gasteiger partial charge < -0.3 is 5.73 Å². The molecule has 1 heterocycles. The number of aryl methyl sites for hydroxylation is 1. The smallest absolute Gasteiger partial charge is 0.269 e. The van der Waals surface area contributed by atoms with Gasteiger partial charge in [-0.15, -0.1) is 0 Å². The first-order valence-corrected chi connectivity index (χ1v) is 10.4. The molecule has 7 heteroatoms. The number of Topliss-reactive ketones (excluding diaryl/α,β-unsaturated/α-hetero) is 1. The lowest BCUT2D eigenvalue weighted by atomic mass is 9.68. The zero-order chi connectivity index (χ0) is 23.2. The number of nitro groups is 1. The normalized spacial score (nSPS) is 20.1. The minimum Gasteiger partial charge on any atom is -0.384 e. The van der Waals surface area contributed by atoms with Gasteiger partial charge in [0.1, 0.15) is 5.82 Å². The van der Waals surface area contributed by atoms with Crippen LogP contribution in [0.5, 0.6) is 0 Å². The molecule has 4 rings (SSSR count). The summed E-state index contributed by atoms with van der Waals surface area (Å²) in [7, 11) is 0. The zero-order valence-corrected chi connectivity index (χ0v) is 18.3. The highest BCUT2D eigenvalue weighted by molar-refractivity contribution is 6.01. The number of hydrogen-bond acceptors (Lipinski definition) is 6. The summed E-state index contributed by atoms with van der Waals surface area (Å²) in [6.45, 7) is 6.07. The molecule has 0 spiro atoms. The minimum absolute atomic E-state index is 0.0301. The fraction of sp³-hybridized carbons (Fsp3) is 0.280. The number of rotatable bonds is 3. The number of carbonyl (C=O) groups is 1. The second-order valence-corrected chi connectivity index (χ2v) is 9.17. The molecular weight excluding hydrogens is 404 g/mol. The molecule has 162 valence electrons. The summed E-state index contributed by atoms with van der Waals surface area (Å²) in [5.74, 6) is -0.399. The van der Waals surface area contributed by atoms with Gasteiger partial charge in [-0.1, -0.05) is 38.1 Å². The predicted octanol–water partition coefficient (Wildman–Crippen LogP) is 4.84. The number of ketones is 1. The van der Waals surface area contributed by atoms with E-state index in [-0.39, 0.29) is 28.3 Å². The molecule has 0 unspecified atom stereocenters. The number of nitrogens with zero attached hydrogens (tertiary/aromatic N) is 3. The van der Waals surface area contributed by atoms with E-state index < -0.39 is 10.8 Å². The highest BCUT2D eigenvalue weighted by atomic mass is 16.6. The van der Waals surface area contributed by atoms with Crippen LogP contribution in [0.2, 0.25) is 0 Å². The molecule has 0 saturated carbocycles. The van der Waals surface area contributed by atoms with Gasteiger partial charge in [-0.25, -0.2) is 0 Å². The molecular formula is C25H24N4O3. The van der Waals surface area contributed by atoms with Crippen molar-refractivity contribution in [1.29, 1.82) is 5.26 Å². The Bertz CT molecular complexity index is 1230. The third-order valence-electron chi connectivity index (χ3n) is 6.08. The Hall–Kier alpha value is -3.92. The number of hydrogen-bond donors (Lipinski definition) is 1. The van der Waals surface area contributed by atoms with E-state index in [0.717, 1.165) is 16.9 Å². The van der Waals surface area contributed by atoms with E-state index in [2.05, 4.69) is 6.07 Å². The Morgan fingerprint density at radius 1 is 1.19 bits per heavy atom. The fourth-order valence-corrected chi connectivity index (χ4v) is 4.69. The van der Waals surface area contributed by atoms with E-state index in [1.807, 2.05) is 49.9 Å². The maximum Gasteiger partial charge on any atom is 0.269 e. The van der Waals surface area contributed by atoms with Gasteiger partial charge in [-0.05, 0) is 42.0 Å². The van der Waals surface area contributed by atoms with Crippen LogP contribution in [-0.2, 0) is 4.79 Å². The lowest BCUT2D eigenvalue weighted by Crippen LogP contribution is -2.42. The van der Waals surface area contributed by atoms with E-state index in [0.29, 0.717) is 24.0 Å². The summed E-state index contributed by atoms with van der Waals surface area (Å²) < 4.78 is 0. The maximum atomic E-state index is 13.4. The van der Waals surface area contributed by atoms with Crippen molar-refractivity contribution in [2.75, 3.05) is 4.90 Å². The first-order valence-electron chi connectivity index (χ1n) is 10.4. The summed E-state index contributed by atoms with van der Waals surface area (Å²) in [6, 6.07) is 16.0. The van der Waals surface area contributed by atoms with Crippen LogP contribution in [0.25, 0.3) is 0 Å². The molecule has 0 aromatic heterocycles. The Morgan fingerprint density at radius 3 is 2.47 bits per heavy atom. The van der Waals surface area contributed by atoms with E-state index in [9.17, 15) is 20.2 Å². The first-order chi connectivity index (χ1) is 15.1. The van der Waals surface area contributed by atoms with Crippen LogP contribution in [0, 0.1) is 33.8 Å². The van der Waals surface area contributed by atoms with Crippen LogP contribution in [0.4, 0.5) is 11.4 Å². The maximum absolute atomic E-state index is 13.4. The third kappa shape index (κ3) is 3.54. The molecule has 1 aliphatic carbocycles. The van der Waals surface area contributed by atoms with Gasteiger partial charge in [0.15, 0.2) is 5.78 Å². The number of carbonyl (C=O) groups excluding carboxylic acids is 1. The van der Waals surface area contributed by atoms with Crippen LogP contribution in [0.3, 0.4) is 0 Å². The number of nitriles is 1. The molecule has 0 bridgehead atoms. The Balaban J connectivity index is 1.97. The monoisotopic (exact) mass is 428 g/mol. The highest BCUT2D eigenvalue weighted by Crippen LogP contribution is 2.50. The van der Waals surface area contributed by atoms with Crippen molar-refractivity contribution in [1.82, 2.24) is 0 Å². The summed E-state index contributed by atoms with van der Waals surface area (Å²) in [4.78, 5) is 25.9. The van der Waals surface area contributed by atoms with Crippen molar-refractivity contribution in [2.24, 2.45) is 11.1 Å². The minimum atomic E-state index is -0.652. The van der Waals surface area contributed by atoms with Crippen molar-refractivity contribution in [3.63, 3.8) is 0 Å². The Kier molecular flexibility index (Phi) is 5.09. The van der Waals surface area contributed by atoms with Crippen molar-refractivity contribution < 1.29 is 9.72 Å². The van der Waals surface area contributed by atoms with Gasteiger partial charge in [0.05, 0.1) is 22.5 Å². The third-order valence-corrected chi connectivity index (χ3v) is 6.08. The molecule has 0 amide bonds. The average molecular weight is 428 g/mol. The van der Waals surface area contributed by atoms with Gasteiger partial charge in [-0.3, -0.25) is 19.8 Å². The van der Waals surface area contributed by atoms with Crippen molar-refractivity contribution in [3.05, 3.63) is 92.4 Å². The van der Waals surface area contributed by atoms with Gasteiger partial charge in [-0.2, -0.15) is 5.26 Å². The molecule has 2 N–H and O–H groups in total. The van der Waals surface area contributed by atoms with Crippen LogP contribution in [-0.4, -0.2) is 10.7 Å². The van der Waals surface area contributed by atoms with Crippen LogP contribution in [0.1, 0.15) is 43.7 Å². The number of benzene rings is 2. The summed E-state index contributed by atoms with van der Waals surface area (Å²) in [5, 5.41) is 21.2. The summed E-state index contributed by atoms with van der Waals surface area (Å²) >= 11 is 0. The molecule has 7 nitrogen and oxygen atoms in total. The van der Waals surface area contributed by atoms with Crippen molar-refractivity contribution in [3.8, 4) is 6.07 Å². The molecule has 2 aromatic rings. The number of nitro benzene ring substituents is 1. The van der Waals surface area contributed by atoms with Crippen molar-refractivity contribution >= 4 is 17.2 Å². The molecule has 2 aromatic carbocycles. The van der Waals surface area contributed by atoms with E-state index in [4.69, 9.17) is 5.73 Å². The van der Waals surface area contributed by atoms with E-state index >= 15 is 0 Å². The molecule has 2 aliphatic rings. The predicted molar refractivity (Wildman–Crippen MR) is 121 cm³/mol. The lowest BCUT2D eigenvalue weighted by Gasteiger charge is -2.43. The Morgan fingerprint density at radius 2 is 1.88 bits per heavy atom. The fourth-order valence-electron chi connectivity index (χ4n) is 4.69. The second kappa shape index (κ2) is 7.65. The average Bonchev–Trinajstić information content (AvgIpc) is 2.72. The zero-order valence-electron chi connectivity index (χ0n) is 18.3. The largest absolute Gasteiger partial charge is 0.384 e. The molecule has 1 atom stereocenters. The SMILES string of the molecule is Cc1cccc(N2C(N)=C(C#N)[C@H](c3ccc([N+](=O)[O-])cc3)C3=C2CC(C)(C)CC3=O)c1. The number of allylic oxidation sites excluding steroid dienone is 3. The van der Waals surface area contributed by atoms with Gasteiger partial charge in [0.2, 0.25) is 0 Å². The molecule has 0 radical (unpaired) electrons. The number of anilines is 1. The van der Waals surface area contributed by atoms with Gasteiger partial charge in [0.25, 0.3) is 5.69 Å². The Labute approximate surface area is 186 Å². The second-order valence-electron chi connectivity index (χ2n) is 9.17. The molecule has 32 heavy (non-hydrogen) atoms. The van der Waals surface area contributed by atoms with Crippen molar-refractivity contribution in [2.45, 2.75) is 39.5 Å². The number of non-ortho nitro benzene ring substituents is 1. The van der Waals surface area contributed by atoms with E-state index in [1.165, 1.54) is 12.1 Å². The number of nitrogens with two attached hydrogens (primary N) is 1. The standard InChI is InChI=1S/C25H24N4O3/c1-15-5-4-6-18(11-15)28-20-12-25(2,3)13-21(30)23(20)22(19(14-26)24(28)27)16-7-9-17(10-8-16)29(31)32/h4-11,22H,12-13,27H2,1-3H3/t22-/m0/s1. The topological polar surface area (TPSA) is 113 Å².